The second-order valence-corrected chi connectivity index (χ2v) is 6.57. The van der Waals surface area contributed by atoms with Crippen LogP contribution < -0.4 is 10.1 Å². The zero-order valence-corrected chi connectivity index (χ0v) is 13.0. The average Bonchev–Trinajstić information content (AvgIpc) is 2.91. The molecule has 1 heterocycles. The molecule has 0 bridgehead atoms. The molecule has 0 aliphatic carbocycles. The minimum absolute atomic E-state index is 0.172. The molecule has 3 nitrogen and oxygen atoms in total. The first-order valence-electron chi connectivity index (χ1n) is 7.72. The summed E-state index contributed by atoms with van der Waals surface area (Å²) in [7, 11) is 0. The number of nitrogens with two attached hydrogens (primary N) is 1. The topological polar surface area (TPSA) is 35.1 Å². The van der Waals surface area contributed by atoms with Gasteiger partial charge in [0, 0.05) is 6.61 Å². The molecule has 0 radical (unpaired) electrons. The lowest BCUT2D eigenvalue weighted by Crippen LogP contribution is -2.87. The summed E-state index contributed by atoms with van der Waals surface area (Å²) >= 11 is 0. The number of hydrogen-bond donors (Lipinski definition) is 1. The zero-order valence-electron chi connectivity index (χ0n) is 13.0. The largest absolute Gasteiger partial charge is 0.488 e. The monoisotopic (exact) mass is 278 g/mol. The van der Waals surface area contributed by atoms with Crippen molar-refractivity contribution in [3.63, 3.8) is 0 Å². The van der Waals surface area contributed by atoms with Gasteiger partial charge < -0.3 is 14.8 Å². The lowest BCUT2D eigenvalue weighted by atomic mass is 9.87. The Kier molecular flexibility index (Phi) is 5.44. The molecule has 0 unspecified atom stereocenters. The minimum atomic E-state index is 0.172. The predicted octanol–water partition coefficient (Wildman–Crippen LogP) is 2.11. The van der Waals surface area contributed by atoms with Crippen LogP contribution in [0.15, 0.2) is 24.3 Å². The molecule has 1 aliphatic rings. The van der Waals surface area contributed by atoms with E-state index in [1.54, 1.807) is 0 Å². The fourth-order valence-electron chi connectivity index (χ4n) is 2.45. The van der Waals surface area contributed by atoms with Crippen LogP contribution in [-0.4, -0.2) is 32.4 Å². The fraction of sp³-hybridized carbons (Fsp3) is 0.647. The Balaban J connectivity index is 1.68. The van der Waals surface area contributed by atoms with Gasteiger partial charge in [0.25, 0.3) is 0 Å². The predicted molar refractivity (Wildman–Crippen MR) is 81.3 cm³/mol. The van der Waals surface area contributed by atoms with E-state index in [4.69, 9.17) is 9.47 Å². The van der Waals surface area contributed by atoms with Gasteiger partial charge in [-0.15, -0.1) is 0 Å². The molecule has 1 saturated heterocycles. The minimum Gasteiger partial charge on any atom is -0.488 e. The summed E-state index contributed by atoms with van der Waals surface area (Å²) in [4.78, 5) is 0. The second kappa shape index (κ2) is 7.09. The third-order valence-corrected chi connectivity index (χ3v) is 3.74. The van der Waals surface area contributed by atoms with E-state index >= 15 is 0 Å². The van der Waals surface area contributed by atoms with E-state index < -0.39 is 0 Å². The lowest BCUT2D eigenvalue weighted by Gasteiger charge is -2.19. The molecule has 2 rings (SSSR count). The van der Waals surface area contributed by atoms with E-state index in [-0.39, 0.29) is 5.41 Å². The number of hydrogen-bond acceptors (Lipinski definition) is 2. The molecule has 1 fully saturated rings. The third kappa shape index (κ3) is 4.80. The Morgan fingerprint density at radius 2 is 2.20 bits per heavy atom. The highest BCUT2D eigenvalue weighted by Gasteiger charge is 2.16. The molecule has 1 aromatic carbocycles. The second-order valence-electron chi connectivity index (χ2n) is 6.57. The number of ether oxygens (including phenoxy) is 2. The van der Waals surface area contributed by atoms with Crippen molar-refractivity contribution >= 4 is 0 Å². The molecule has 20 heavy (non-hydrogen) atoms. The van der Waals surface area contributed by atoms with Crippen molar-refractivity contribution < 1.29 is 14.8 Å². The Bertz CT molecular complexity index is 406. The van der Waals surface area contributed by atoms with E-state index in [1.165, 1.54) is 18.4 Å². The summed E-state index contributed by atoms with van der Waals surface area (Å²) in [5.74, 6) is 0.975. The molecule has 112 valence electrons. The first kappa shape index (κ1) is 15.3. The number of rotatable bonds is 6. The molecule has 1 aliphatic heterocycles. The molecule has 0 aromatic heterocycles. The van der Waals surface area contributed by atoms with Gasteiger partial charge in [0.1, 0.15) is 31.5 Å². The summed E-state index contributed by atoms with van der Waals surface area (Å²) in [6.07, 6.45) is 2.89. The number of quaternary nitrogens is 1. The number of benzene rings is 1. The van der Waals surface area contributed by atoms with Crippen molar-refractivity contribution in [1.29, 1.82) is 0 Å². The SMILES string of the molecule is CC(C)(C)c1cccc(OCC[NH2+]C[C@H]2CCCO2)c1. The third-order valence-electron chi connectivity index (χ3n) is 3.74. The maximum atomic E-state index is 5.83. The van der Waals surface area contributed by atoms with Crippen molar-refractivity contribution in [3.8, 4) is 5.75 Å². The molecular weight excluding hydrogens is 250 g/mol. The fourth-order valence-corrected chi connectivity index (χ4v) is 2.45. The van der Waals surface area contributed by atoms with Crippen molar-refractivity contribution in [1.82, 2.24) is 0 Å². The van der Waals surface area contributed by atoms with E-state index in [2.05, 4.69) is 44.3 Å². The first-order chi connectivity index (χ1) is 9.55. The van der Waals surface area contributed by atoms with E-state index in [0.29, 0.717) is 6.10 Å². The Morgan fingerprint density at radius 3 is 2.90 bits per heavy atom. The van der Waals surface area contributed by atoms with Crippen molar-refractivity contribution in [2.24, 2.45) is 0 Å². The van der Waals surface area contributed by atoms with Gasteiger partial charge in [-0.05, 0) is 36.0 Å². The molecule has 1 aromatic rings. The summed E-state index contributed by atoms with van der Waals surface area (Å²) < 4.78 is 11.4. The van der Waals surface area contributed by atoms with Gasteiger partial charge in [0.2, 0.25) is 0 Å². The quantitative estimate of drug-likeness (QED) is 0.809. The van der Waals surface area contributed by atoms with E-state index in [9.17, 15) is 0 Å². The average molecular weight is 278 g/mol. The van der Waals surface area contributed by atoms with Gasteiger partial charge in [0.15, 0.2) is 0 Å². The standard InChI is InChI=1S/C17H27NO2/c1-17(2,3)14-6-4-7-15(12-14)20-11-9-18-13-16-8-5-10-19-16/h4,6-7,12,16,18H,5,8-11,13H2,1-3H3/p+1/t16-/m1/s1. The van der Waals surface area contributed by atoms with E-state index in [1.807, 2.05) is 6.07 Å². The Labute approximate surface area is 122 Å². The van der Waals surface area contributed by atoms with Gasteiger partial charge >= 0.3 is 0 Å². The lowest BCUT2D eigenvalue weighted by molar-refractivity contribution is -0.661. The highest BCUT2D eigenvalue weighted by Crippen LogP contribution is 2.25. The molecule has 0 saturated carbocycles. The van der Waals surface area contributed by atoms with Crippen LogP contribution in [0.2, 0.25) is 0 Å². The molecule has 0 amide bonds. The van der Waals surface area contributed by atoms with Crippen molar-refractivity contribution in [3.05, 3.63) is 29.8 Å². The van der Waals surface area contributed by atoms with Gasteiger partial charge in [-0.2, -0.15) is 0 Å². The summed E-state index contributed by atoms with van der Waals surface area (Å²) in [6, 6.07) is 8.43. The maximum absolute atomic E-state index is 5.83. The van der Waals surface area contributed by atoms with Crippen molar-refractivity contribution in [2.45, 2.75) is 45.1 Å². The molecule has 2 N–H and O–H groups in total. The summed E-state index contributed by atoms with van der Waals surface area (Å²) in [5.41, 5.74) is 1.49. The summed E-state index contributed by atoms with van der Waals surface area (Å²) in [6.45, 7) is 10.4. The van der Waals surface area contributed by atoms with Gasteiger partial charge in [-0.1, -0.05) is 32.9 Å². The summed E-state index contributed by atoms with van der Waals surface area (Å²) in [5, 5.41) is 2.30. The van der Waals surface area contributed by atoms with Gasteiger partial charge in [-0.25, -0.2) is 0 Å². The van der Waals surface area contributed by atoms with Gasteiger partial charge in [-0.3, -0.25) is 0 Å². The van der Waals surface area contributed by atoms with E-state index in [0.717, 1.165) is 32.1 Å². The molecule has 1 atom stereocenters. The van der Waals surface area contributed by atoms with Gasteiger partial charge in [0.05, 0.1) is 0 Å². The van der Waals surface area contributed by atoms with Crippen LogP contribution in [0, 0.1) is 0 Å². The van der Waals surface area contributed by atoms with Crippen LogP contribution in [0.25, 0.3) is 0 Å². The highest BCUT2D eigenvalue weighted by molar-refractivity contribution is 5.32. The molecule has 0 spiro atoms. The van der Waals surface area contributed by atoms with Crippen LogP contribution in [0.3, 0.4) is 0 Å². The van der Waals surface area contributed by atoms with Crippen molar-refractivity contribution in [2.75, 3.05) is 26.3 Å². The molecule has 3 heteroatoms. The smallest absolute Gasteiger partial charge is 0.137 e. The van der Waals surface area contributed by atoms with Crippen LogP contribution in [0.4, 0.5) is 0 Å². The maximum Gasteiger partial charge on any atom is 0.137 e. The Morgan fingerprint density at radius 1 is 1.35 bits per heavy atom. The normalized spacial score (nSPS) is 19.2. The van der Waals surface area contributed by atoms with Crippen LogP contribution >= 0.6 is 0 Å². The molecular formula is C17H28NO2+. The van der Waals surface area contributed by atoms with Crippen LogP contribution in [0.5, 0.6) is 5.75 Å². The van der Waals surface area contributed by atoms with Crippen LogP contribution in [0.1, 0.15) is 39.2 Å². The highest BCUT2D eigenvalue weighted by atomic mass is 16.5. The Hall–Kier alpha value is -1.06. The van der Waals surface area contributed by atoms with Crippen LogP contribution in [-0.2, 0) is 10.2 Å². The first-order valence-corrected chi connectivity index (χ1v) is 7.72. The zero-order chi connectivity index (χ0) is 14.4.